The zero-order chi connectivity index (χ0) is 14.1. The predicted octanol–water partition coefficient (Wildman–Crippen LogP) is 2.70. The minimum absolute atomic E-state index is 0.102. The summed E-state index contributed by atoms with van der Waals surface area (Å²) in [7, 11) is 0. The molecule has 3 rings (SSSR count). The first-order valence-electron chi connectivity index (χ1n) is 6.15. The van der Waals surface area contributed by atoms with E-state index in [1.165, 1.54) is 12.1 Å². The molecule has 0 bridgehead atoms. The summed E-state index contributed by atoms with van der Waals surface area (Å²) in [6.45, 7) is 2.57. The van der Waals surface area contributed by atoms with Gasteiger partial charge >= 0.3 is 0 Å². The molecule has 0 amide bonds. The van der Waals surface area contributed by atoms with Crippen LogP contribution in [0.4, 0.5) is 5.69 Å². The molecule has 6 nitrogen and oxygen atoms in total. The zero-order valence-electron chi connectivity index (χ0n) is 10.9. The lowest BCUT2D eigenvalue weighted by Gasteiger charge is -2.06. The maximum Gasteiger partial charge on any atom is 0.269 e. The number of nitrogens with zero attached hydrogens (tertiary/aromatic N) is 4. The highest BCUT2D eigenvalue weighted by Gasteiger charge is 2.09. The summed E-state index contributed by atoms with van der Waals surface area (Å²) in [6.07, 6.45) is 3.46. The smallest absolute Gasteiger partial charge is 0.269 e. The van der Waals surface area contributed by atoms with Crippen molar-refractivity contribution in [1.29, 1.82) is 0 Å². The number of fused-ring (bicyclic) bond motifs is 1. The second-order valence-electron chi connectivity index (χ2n) is 4.53. The van der Waals surface area contributed by atoms with E-state index in [0.717, 1.165) is 22.4 Å². The lowest BCUT2D eigenvalue weighted by Crippen LogP contribution is -2.02. The summed E-state index contributed by atoms with van der Waals surface area (Å²) < 4.78 is 2.07. The molecule has 0 aliphatic carbocycles. The van der Waals surface area contributed by atoms with Gasteiger partial charge in [0.15, 0.2) is 0 Å². The standard InChI is InChI=1S/C14H12N4O2/c1-10-16-13-8-15-7-6-14(13)17(10)9-11-2-4-12(5-3-11)18(19)20/h2-8H,9H2,1H3. The highest BCUT2D eigenvalue weighted by Crippen LogP contribution is 2.18. The summed E-state index contributed by atoms with van der Waals surface area (Å²) >= 11 is 0. The van der Waals surface area contributed by atoms with Gasteiger partial charge in [0.25, 0.3) is 5.69 Å². The van der Waals surface area contributed by atoms with Gasteiger partial charge in [0.2, 0.25) is 0 Å². The van der Waals surface area contributed by atoms with Gasteiger partial charge in [0.05, 0.1) is 16.6 Å². The summed E-state index contributed by atoms with van der Waals surface area (Å²) in [5.74, 6) is 0.895. The second kappa shape index (κ2) is 4.73. The normalized spacial score (nSPS) is 10.8. The van der Waals surface area contributed by atoms with Crippen LogP contribution < -0.4 is 0 Å². The van der Waals surface area contributed by atoms with Gasteiger partial charge in [-0.15, -0.1) is 0 Å². The molecule has 0 radical (unpaired) electrons. The molecule has 0 saturated carbocycles. The number of rotatable bonds is 3. The number of pyridine rings is 1. The fraction of sp³-hybridized carbons (Fsp3) is 0.143. The molecule has 0 unspecified atom stereocenters. The van der Waals surface area contributed by atoms with Crippen LogP contribution in [0.25, 0.3) is 11.0 Å². The van der Waals surface area contributed by atoms with E-state index >= 15 is 0 Å². The fourth-order valence-electron chi connectivity index (χ4n) is 2.21. The van der Waals surface area contributed by atoms with Crippen molar-refractivity contribution in [2.24, 2.45) is 0 Å². The highest BCUT2D eigenvalue weighted by atomic mass is 16.6. The van der Waals surface area contributed by atoms with E-state index in [2.05, 4.69) is 14.5 Å². The Hall–Kier alpha value is -2.76. The van der Waals surface area contributed by atoms with Crippen LogP contribution in [0, 0.1) is 17.0 Å². The molecule has 0 atom stereocenters. The maximum atomic E-state index is 10.6. The van der Waals surface area contributed by atoms with Crippen LogP contribution in [-0.2, 0) is 6.54 Å². The van der Waals surface area contributed by atoms with Crippen LogP contribution in [-0.4, -0.2) is 19.5 Å². The number of aromatic nitrogens is 3. The van der Waals surface area contributed by atoms with Crippen molar-refractivity contribution >= 4 is 16.7 Å². The van der Waals surface area contributed by atoms with Gasteiger partial charge in [-0.05, 0) is 18.6 Å². The molecular weight excluding hydrogens is 256 g/mol. The van der Waals surface area contributed by atoms with Crippen molar-refractivity contribution in [3.05, 3.63) is 64.2 Å². The third-order valence-electron chi connectivity index (χ3n) is 3.23. The third kappa shape index (κ3) is 2.11. The number of nitro groups is 1. The number of nitro benzene ring substituents is 1. The average molecular weight is 268 g/mol. The van der Waals surface area contributed by atoms with Crippen LogP contribution >= 0.6 is 0 Å². The van der Waals surface area contributed by atoms with E-state index in [9.17, 15) is 10.1 Å². The number of non-ortho nitro benzene ring substituents is 1. The van der Waals surface area contributed by atoms with Crippen LogP contribution in [0.1, 0.15) is 11.4 Å². The van der Waals surface area contributed by atoms with Gasteiger partial charge in [-0.25, -0.2) is 4.98 Å². The van der Waals surface area contributed by atoms with E-state index in [-0.39, 0.29) is 5.69 Å². The van der Waals surface area contributed by atoms with Crippen molar-refractivity contribution in [3.63, 3.8) is 0 Å². The van der Waals surface area contributed by atoms with Crippen LogP contribution in [0.5, 0.6) is 0 Å². The number of aryl methyl sites for hydroxylation is 1. The quantitative estimate of drug-likeness (QED) is 0.540. The van der Waals surface area contributed by atoms with Crippen LogP contribution in [0.3, 0.4) is 0 Å². The number of hydrogen-bond acceptors (Lipinski definition) is 4. The highest BCUT2D eigenvalue weighted by molar-refractivity contribution is 5.74. The minimum Gasteiger partial charge on any atom is -0.324 e. The summed E-state index contributed by atoms with van der Waals surface area (Å²) in [4.78, 5) is 18.7. The Balaban J connectivity index is 1.96. The molecule has 0 saturated heterocycles. The first-order chi connectivity index (χ1) is 9.65. The van der Waals surface area contributed by atoms with Crippen molar-refractivity contribution in [2.45, 2.75) is 13.5 Å². The van der Waals surface area contributed by atoms with Crippen LogP contribution in [0.2, 0.25) is 0 Å². The van der Waals surface area contributed by atoms with Gasteiger partial charge in [-0.3, -0.25) is 15.1 Å². The second-order valence-corrected chi connectivity index (χ2v) is 4.53. The summed E-state index contributed by atoms with van der Waals surface area (Å²) in [6, 6.07) is 8.49. The molecule has 0 aliphatic heterocycles. The van der Waals surface area contributed by atoms with E-state index in [0.29, 0.717) is 6.54 Å². The predicted molar refractivity (Wildman–Crippen MR) is 74.5 cm³/mol. The Morgan fingerprint density at radius 1 is 1.25 bits per heavy atom. The largest absolute Gasteiger partial charge is 0.324 e. The lowest BCUT2D eigenvalue weighted by molar-refractivity contribution is -0.384. The molecule has 0 aliphatic rings. The van der Waals surface area contributed by atoms with Crippen LogP contribution in [0.15, 0.2) is 42.7 Å². The Morgan fingerprint density at radius 3 is 2.70 bits per heavy atom. The minimum atomic E-state index is -0.396. The Morgan fingerprint density at radius 2 is 2.00 bits per heavy atom. The van der Waals surface area contributed by atoms with Gasteiger partial charge < -0.3 is 4.57 Å². The summed E-state index contributed by atoms with van der Waals surface area (Å²) in [5.41, 5.74) is 2.96. The van der Waals surface area contributed by atoms with Crippen molar-refractivity contribution in [2.75, 3.05) is 0 Å². The molecule has 1 aromatic carbocycles. The van der Waals surface area contributed by atoms with Gasteiger partial charge in [-0.1, -0.05) is 12.1 Å². The molecular formula is C14H12N4O2. The van der Waals surface area contributed by atoms with E-state index in [4.69, 9.17) is 0 Å². The molecule has 0 fully saturated rings. The lowest BCUT2D eigenvalue weighted by atomic mass is 10.2. The SMILES string of the molecule is Cc1nc2cnccc2n1Cc1ccc([N+](=O)[O-])cc1. The molecule has 20 heavy (non-hydrogen) atoms. The maximum absolute atomic E-state index is 10.6. The first kappa shape index (κ1) is 12.3. The van der Waals surface area contributed by atoms with Gasteiger partial charge in [0, 0.05) is 24.9 Å². The van der Waals surface area contributed by atoms with Gasteiger partial charge in [-0.2, -0.15) is 0 Å². The molecule has 6 heteroatoms. The van der Waals surface area contributed by atoms with Crippen molar-refractivity contribution in [3.8, 4) is 0 Å². The number of imidazole rings is 1. The fourth-order valence-corrected chi connectivity index (χ4v) is 2.21. The first-order valence-corrected chi connectivity index (χ1v) is 6.15. The number of hydrogen-bond donors (Lipinski definition) is 0. The van der Waals surface area contributed by atoms with Crippen molar-refractivity contribution in [1.82, 2.24) is 14.5 Å². The molecule has 0 spiro atoms. The molecule has 3 aromatic rings. The average Bonchev–Trinajstić information content (AvgIpc) is 2.76. The zero-order valence-corrected chi connectivity index (χ0v) is 10.9. The van der Waals surface area contributed by atoms with E-state index in [1.54, 1.807) is 24.5 Å². The molecule has 2 heterocycles. The third-order valence-corrected chi connectivity index (χ3v) is 3.23. The molecule has 0 N–H and O–H groups in total. The van der Waals surface area contributed by atoms with Crippen molar-refractivity contribution < 1.29 is 4.92 Å². The number of benzene rings is 1. The van der Waals surface area contributed by atoms with E-state index < -0.39 is 4.92 Å². The van der Waals surface area contributed by atoms with E-state index in [1.807, 2.05) is 13.0 Å². The molecule has 100 valence electrons. The topological polar surface area (TPSA) is 73.8 Å². The molecule has 2 aromatic heterocycles. The Labute approximate surface area is 114 Å². The van der Waals surface area contributed by atoms with Gasteiger partial charge in [0.1, 0.15) is 11.3 Å². The monoisotopic (exact) mass is 268 g/mol. The summed E-state index contributed by atoms with van der Waals surface area (Å²) in [5, 5.41) is 10.6. The Bertz CT molecular complexity index is 777. The Kier molecular flexibility index (Phi) is 2.90.